The van der Waals surface area contributed by atoms with Crippen LogP contribution in [0, 0.1) is 13.8 Å². The molecule has 4 nitrogen and oxygen atoms in total. The zero-order valence-corrected chi connectivity index (χ0v) is 12.6. The number of aryl methyl sites for hydroxylation is 1. The number of nitrogens with two attached hydrogens (primary N) is 1. The molecule has 1 unspecified atom stereocenters. The van der Waals surface area contributed by atoms with Crippen molar-refractivity contribution >= 4 is 21.9 Å². The highest BCUT2D eigenvalue weighted by Gasteiger charge is 2.31. The van der Waals surface area contributed by atoms with E-state index in [-0.39, 0.29) is 17.9 Å². The van der Waals surface area contributed by atoms with E-state index in [0.717, 1.165) is 10.0 Å². The second kappa shape index (κ2) is 6.34. The zero-order valence-electron chi connectivity index (χ0n) is 11.0. The van der Waals surface area contributed by atoms with E-state index in [1.165, 1.54) is 6.07 Å². The number of benzene rings is 1. The van der Waals surface area contributed by atoms with Gasteiger partial charge in [0.2, 0.25) is 6.17 Å². The molecule has 19 heavy (non-hydrogen) atoms. The summed E-state index contributed by atoms with van der Waals surface area (Å²) in [6.07, 6.45) is -2.01. The lowest BCUT2D eigenvalue weighted by molar-refractivity contribution is -0.149. The minimum atomic E-state index is -2.01. The normalized spacial score (nSPS) is 14.0. The maximum Gasteiger partial charge on any atom is 0.342 e. The van der Waals surface area contributed by atoms with Crippen LogP contribution in [0.1, 0.15) is 29.7 Å². The third-order valence-corrected chi connectivity index (χ3v) is 4.09. The summed E-state index contributed by atoms with van der Waals surface area (Å²) in [4.78, 5) is 11.4. The average Bonchev–Trinajstić information content (AvgIpc) is 2.35. The highest BCUT2D eigenvalue weighted by molar-refractivity contribution is 9.10. The topological polar surface area (TPSA) is 72.5 Å². The van der Waals surface area contributed by atoms with Crippen molar-refractivity contribution in [2.24, 2.45) is 5.73 Å². The Morgan fingerprint density at radius 2 is 2.16 bits per heavy atom. The summed E-state index contributed by atoms with van der Waals surface area (Å²) in [5.41, 5.74) is 7.35. The van der Waals surface area contributed by atoms with Gasteiger partial charge in [0.25, 0.3) is 0 Å². The van der Waals surface area contributed by atoms with Crippen molar-refractivity contribution in [3.63, 3.8) is 0 Å². The smallest absolute Gasteiger partial charge is 0.342 e. The van der Waals surface area contributed by atoms with Gasteiger partial charge in [-0.3, -0.25) is 0 Å². The van der Waals surface area contributed by atoms with Gasteiger partial charge in [-0.1, -0.05) is 15.9 Å². The quantitative estimate of drug-likeness (QED) is 0.831. The minimum absolute atomic E-state index is 0.0779. The number of halogens is 2. The van der Waals surface area contributed by atoms with Crippen molar-refractivity contribution in [1.29, 1.82) is 0 Å². The summed E-state index contributed by atoms with van der Waals surface area (Å²) in [6, 6.07) is 0.209. The van der Waals surface area contributed by atoms with Gasteiger partial charge in [0.05, 0.1) is 12.6 Å². The van der Waals surface area contributed by atoms with Gasteiger partial charge in [0.1, 0.15) is 5.75 Å². The van der Waals surface area contributed by atoms with Crippen molar-refractivity contribution in [3.8, 4) is 5.75 Å². The number of aromatic hydroxyl groups is 1. The molecular formula is C13H17BrFNO3. The first-order valence-corrected chi connectivity index (χ1v) is 6.65. The molecule has 1 aromatic carbocycles. The maximum atomic E-state index is 13.9. The summed E-state index contributed by atoms with van der Waals surface area (Å²) >= 11 is 3.34. The van der Waals surface area contributed by atoms with Crippen molar-refractivity contribution in [3.05, 3.63) is 27.2 Å². The van der Waals surface area contributed by atoms with E-state index in [0.29, 0.717) is 5.56 Å². The monoisotopic (exact) mass is 333 g/mol. The van der Waals surface area contributed by atoms with Crippen molar-refractivity contribution in [2.75, 3.05) is 6.61 Å². The van der Waals surface area contributed by atoms with Crippen LogP contribution in [0.3, 0.4) is 0 Å². The lowest BCUT2D eigenvalue weighted by Gasteiger charge is -2.20. The minimum Gasteiger partial charge on any atom is -0.508 e. The van der Waals surface area contributed by atoms with Crippen LogP contribution in [-0.2, 0) is 9.53 Å². The van der Waals surface area contributed by atoms with Gasteiger partial charge < -0.3 is 15.6 Å². The lowest BCUT2D eigenvalue weighted by atomic mass is 9.95. The Kier molecular flexibility index (Phi) is 5.31. The SMILES string of the molecule is CCOC(=O)C(F)[C@H](N)c1c(O)cc(C)c(Br)c1C. The van der Waals surface area contributed by atoms with Crippen LogP contribution in [0.4, 0.5) is 4.39 Å². The van der Waals surface area contributed by atoms with Gasteiger partial charge in [-0.15, -0.1) is 0 Å². The van der Waals surface area contributed by atoms with Gasteiger partial charge in [-0.25, -0.2) is 9.18 Å². The molecule has 0 saturated carbocycles. The number of rotatable bonds is 4. The molecule has 0 aliphatic carbocycles. The molecule has 1 rings (SSSR count). The fourth-order valence-electron chi connectivity index (χ4n) is 1.89. The maximum absolute atomic E-state index is 13.9. The number of carbonyl (C=O) groups excluding carboxylic acids is 1. The molecule has 3 N–H and O–H groups in total. The average molecular weight is 334 g/mol. The van der Waals surface area contributed by atoms with E-state index in [1.807, 2.05) is 0 Å². The Balaban J connectivity index is 3.16. The molecule has 2 atom stereocenters. The number of carbonyl (C=O) groups is 1. The molecule has 6 heteroatoms. The third kappa shape index (κ3) is 3.25. The fourth-order valence-corrected chi connectivity index (χ4v) is 2.22. The Morgan fingerprint density at radius 3 is 2.68 bits per heavy atom. The zero-order chi connectivity index (χ0) is 14.7. The number of alkyl halides is 1. The van der Waals surface area contributed by atoms with Gasteiger partial charge in [0.15, 0.2) is 0 Å². The second-order valence-electron chi connectivity index (χ2n) is 4.24. The van der Waals surface area contributed by atoms with Crippen LogP contribution < -0.4 is 5.73 Å². The summed E-state index contributed by atoms with van der Waals surface area (Å²) in [5.74, 6) is -1.15. The lowest BCUT2D eigenvalue weighted by Crippen LogP contribution is -2.32. The highest BCUT2D eigenvalue weighted by Crippen LogP contribution is 2.36. The molecule has 106 valence electrons. The van der Waals surface area contributed by atoms with Gasteiger partial charge in [0, 0.05) is 10.0 Å². The summed E-state index contributed by atoms with van der Waals surface area (Å²) in [5, 5.41) is 9.91. The van der Waals surface area contributed by atoms with Gasteiger partial charge in [-0.2, -0.15) is 0 Å². The standard InChI is InChI=1S/C13H17BrFNO3/c1-4-19-13(18)11(15)12(16)9-7(3)10(14)6(2)5-8(9)17/h5,11-12,17H,4,16H2,1-3H3/t11?,12-/m1/s1. The molecule has 1 aromatic rings. The number of ether oxygens (including phenoxy) is 1. The van der Waals surface area contributed by atoms with Crippen molar-refractivity contribution in [1.82, 2.24) is 0 Å². The van der Waals surface area contributed by atoms with Crippen LogP contribution in [0.5, 0.6) is 5.75 Å². The first-order valence-electron chi connectivity index (χ1n) is 5.86. The molecular weight excluding hydrogens is 317 g/mol. The Morgan fingerprint density at radius 1 is 1.58 bits per heavy atom. The summed E-state index contributed by atoms with van der Waals surface area (Å²) in [6.45, 7) is 5.16. The van der Waals surface area contributed by atoms with E-state index in [1.54, 1.807) is 20.8 Å². The number of hydrogen-bond acceptors (Lipinski definition) is 4. The predicted octanol–water partition coefficient (Wildman–Crippen LogP) is 2.67. The van der Waals surface area contributed by atoms with E-state index in [9.17, 15) is 14.3 Å². The number of hydrogen-bond donors (Lipinski definition) is 2. The molecule has 0 amide bonds. The predicted molar refractivity (Wildman–Crippen MR) is 73.7 cm³/mol. The van der Waals surface area contributed by atoms with E-state index in [4.69, 9.17) is 5.73 Å². The fraction of sp³-hybridized carbons (Fsp3) is 0.462. The van der Waals surface area contributed by atoms with E-state index < -0.39 is 18.2 Å². The molecule has 0 bridgehead atoms. The first-order chi connectivity index (χ1) is 8.81. The number of phenols is 1. The molecule has 0 saturated heterocycles. The van der Waals surface area contributed by atoms with Gasteiger partial charge in [-0.05, 0) is 38.0 Å². The Bertz CT molecular complexity index is 493. The third-order valence-electron chi connectivity index (χ3n) is 2.87. The van der Waals surface area contributed by atoms with Crippen LogP contribution in [0.25, 0.3) is 0 Å². The second-order valence-corrected chi connectivity index (χ2v) is 5.04. The molecule has 0 fully saturated rings. The van der Waals surface area contributed by atoms with Gasteiger partial charge >= 0.3 is 5.97 Å². The van der Waals surface area contributed by atoms with E-state index >= 15 is 0 Å². The Labute approximate surface area is 119 Å². The summed E-state index contributed by atoms with van der Waals surface area (Å²) in [7, 11) is 0. The molecule has 0 heterocycles. The van der Waals surface area contributed by atoms with Crippen molar-refractivity contribution in [2.45, 2.75) is 33.0 Å². The molecule has 0 spiro atoms. The Hall–Kier alpha value is -1.14. The molecule has 0 aliphatic rings. The molecule has 0 radical (unpaired) electrons. The highest BCUT2D eigenvalue weighted by atomic mass is 79.9. The number of esters is 1. The molecule has 0 aromatic heterocycles. The molecule has 0 aliphatic heterocycles. The van der Waals surface area contributed by atoms with Crippen LogP contribution in [0.15, 0.2) is 10.5 Å². The van der Waals surface area contributed by atoms with Crippen LogP contribution >= 0.6 is 15.9 Å². The summed E-state index contributed by atoms with van der Waals surface area (Å²) < 4.78 is 19.3. The van der Waals surface area contributed by atoms with Crippen LogP contribution in [-0.4, -0.2) is 23.9 Å². The number of phenolic OH excluding ortho intramolecular Hbond substituents is 1. The largest absolute Gasteiger partial charge is 0.508 e. The first kappa shape index (κ1) is 15.9. The van der Waals surface area contributed by atoms with Crippen LogP contribution in [0.2, 0.25) is 0 Å². The van der Waals surface area contributed by atoms with Crippen molar-refractivity contribution < 1.29 is 19.0 Å². The van der Waals surface area contributed by atoms with E-state index in [2.05, 4.69) is 20.7 Å².